The van der Waals surface area contributed by atoms with Crippen molar-refractivity contribution in [3.63, 3.8) is 0 Å². The van der Waals surface area contributed by atoms with Crippen molar-refractivity contribution in [2.45, 2.75) is 20.3 Å². The maximum absolute atomic E-state index is 11.2. The predicted molar refractivity (Wildman–Crippen MR) is 86.1 cm³/mol. The van der Waals surface area contributed by atoms with Crippen LogP contribution >= 0.6 is 11.3 Å². The summed E-state index contributed by atoms with van der Waals surface area (Å²) in [4.78, 5) is 27.0. The molecule has 3 heterocycles. The Morgan fingerprint density at radius 2 is 2.05 bits per heavy atom. The second kappa shape index (κ2) is 6.07. The summed E-state index contributed by atoms with van der Waals surface area (Å²) in [5, 5.41) is 1.17. The van der Waals surface area contributed by atoms with Crippen LogP contribution in [0.5, 0.6) is 0 Å². The van der Waals surface area contributed by atoms with Gasteiger partial charge in [-0.3, -0.25) is 9.69 Å². The number of hydrogen-bond donors (Lipinski definition) is 0. The van der Waals surface area contributed by atoms with Crippen LogP contribution in [0.25, 0.3) is 10.2 Å². The molecule has 0 spiro atoms. The third kappa shape index (κ3) is 3.06. The average molecular weight is 304 g/mol. The Morgan fingerprint density at radius 3 is 2.71 bits per heavy atom. The number of rotatable bonds is 4. The number of Topliss-reactive ketones (excluding diaryl/α,β-unsaturated/α-hetero) is 1. The predicted octanol–water partition coefficient (Wildman–Crippen LogP) is 1.96. The van der Waals surface area contributed by atoms with Crippen molar-refractivity contribution in [3.05, 3.63) is 17.3 Å². The third-order valence-corrected chi connectivity index (χ3v) is 5.01. The number of ketones is 1. The topological polar surface area (TPSA) is 49.3 Å². The fourth-order valence-corrected chi connectivity index (χ4v) is 3.68. The van der Waals surface area contributed by atoms with Gasteiger partial charge in [0, 0.05) is 31.1 Å². The molecule has 0 unspecified atom stereocenters. The van der Waals surface area contributed by atoms with Gasteiger partial charge >= 0.3 is 0 Å². The number of piperazine rings is 1. The number of carbonyl (C=O) groups is 1. The fourth-order valence-electron chi connectivity index (χ4n) is 2.75. The quantitative estimate of drug-likeness (QED) is 0.864. The Morgan fingerprint density at radius 1 is 1.29 bits per heavy atom. The molecule has 1 aliphatic heterocycles. The maximum atomic E-state index is 11.2. The second-order valence-electron chi connectivity index (χ2n) is 5.45. The monoisotopic (exact) mass is 304 g/mol. The van der Waals surface area contributed by atoms with E-state index >= 15 is 0 Å². The minimum absolute atomic E-state index is 0.235. The van der Waals surface area contributed by atoms with Gasteiger partial charge in [0.25, 0.3) is 0 Å². The normalized spacial score (nSPS) is 16.6. The summed E-state index contributed by atoms with van der Waals surface area (Å²) < 4.78 is 0. The molecule has 0 radical (unpaired) electrons. The van der Waals surface area contributed by atoms with Crippen LogP contribution in [0.4, 0.5) is 5.82 Å². The first-order chi connectivity index (χ1) is 10.2. The Hall–Kier alpha value is -1.53. The average Bonchev–Trinajstić information content (AvgIpc) is 2.90. The Kier molecular flexibility index (Phi) is 4.17. The first-order valence-corrected chi connectivity index (χ1v) is 8.19. The van der Waals surface area contributed by atoms with Crippen LogP contribution in [0.15, 0.2) is 12.4 Å². The highest BCUT2D eigenvalue weighted by atomic mass is 32.1. The molecular weight excluding hydrogens is 284 g/mol. The number of fused-ring (bicyclic) bond motifs is 1. The highest BCUT2D eigenvalue weighted by molar-refractivity contribution is 7.18. The van der Waals surface area contributed by atoms with Gasteiger partial charge in [0.1, 0.15) is 22.8 Å². The summed E-state index contributed by atoms with van der Waals surface area (Å²) in [5.41, 5.74) is 0. The van der Waals surface area contributed by atoms with Crippen molar-refractivity contribution in [1.29, 1.82) is 0 Å². The number of anilines is 1. The molecule has 1 fully saturated rings. The molecule has 0 aromatic carbocycles. The van der Waals surface area contributed by atoms with Crippen LogP contribution in [-0.4, -0.2) is 53.4 Å². The number of hydrogen-bond acceptors (Lipinski definition) is 6. The molecular formula is C15H20N4OS. The molecule has 0 aliphatic carbocycles. The van der Waals surface area contributed by atoms with Crippen LogP contribution < -0.4 is 4.90 Å². The fraction of sp³-hybridized carbons (Fsp3) is 0.533. The van der Waals surface area contributed by atoms with Gasteiger partial charge in [-0.15, -0.1) is 11.3 Å². The summed E-state index contributed by atoms with van der Waals surface area (Å²) >= 11 is 1.75. The minimum Gasteiger partial charge on any atom is -0.353 e. The van der Waals surface area contributed by atoms with Crippen LogP contribution in [0.2, 0.25) is 0 Å². The molecule has 0 amide bonds. The lowest BCUT2D eigenvalue weighted by Crippen LogP contribution is -2.48. The molecule has 5 nitrogen and oxygen atoms in total. The molecule has 1 aliphatic rings. The van der Waals surface area contributed by atoms with E-state index in [2.05, 4.69) is 32.8 Å². The van der Waals surface area contributed by atoms with Gasteiger partial charge in [0.2, 0.25) is 0 Å². The number of carbonyl (C=O) groups excluding carboxylic acids is 1. The van der Waals surface area contributed by atoms with Crippen molar-refractivity contribution in [3.8, 4) is 0 Å². The van der Waals surface area contributed by atoms with E-state index in [9.17, 15) is 4.79 Å². The SMILES string of the molecule is CCc1cc2c(N3CCN(CC(C)=O)CC3)ncnc2s1. The first-order valence-electron chi connectivity index (χ1n) is 7.37. The molecule has 6 heteroatoms. The minimum atomic E-state index is 0.235. The van der Waals surface area contributed by atoms with E-state index in [0.717, 1.165) is 43.2 Å². The Balaban J connectivity index is 1.79. The molecule has 0 atom stereocenters. The molecule has 3 rings (SSSR count). The van der Waals surface area contributed by atoms with E-state index in [1.807, 2.05) is 0 Å². The first kappa shape index (κ1) is 14.4. The lowest BCUT2D eigenvalue weighted by atomic mass is 10.2. The summed E-state index contributed by atoms with van der Waals surface area (Å²) in [7, 11) is 0. The molecule has 112 valence electrons. The smallest absolute Gasteiger partial charge is 0.143 e. The third-order valence-electron chi connectivity index (χ3n) is 3.83. The highest BCUT2D eigenvalue weighted by Gasteiger charge is 2.21. The highest BCUT2D eigenvalue weighted by Crippen LogP contribution is 2.30. The van der Waals surface area contributed by atoms with Crippen LogP contribution in [0.1, 0.15) is 18.7 Å². The van der Waals surface area contributed by atoms with E-state index in [1.54, 1.807) is 24.6 Å². The standard InChI is InChI=1S/C15H20N4OS/c1-3-12-8-13-14(16-10-17-15(13)21-12)19-6-4-18(5-7-19)9-11(2)20/h8,10H,3-7,9H2,1-2H3. The van der Waals surface area contributed by atoms with Crippen LogP contribution in [0, 0.1) is 0 Å². The van der Waals surface area contributed by atoms with Gasteiger partial charge < -0.3 is 4.90 Å². The van der Waals surface area contributed by atoms with Crippen molar-refractivity contribution in [2.24, 2.45) is 0 Å². The Bertz CT molecular complexity index is 646. The second-order valence-corrected chi connectivity index (χ2v) is 6.56. The Labute approximate surface area is 128 Å². The van der Waals surface area contributed by atoms with Gasteiger partial charge in [0.15, 0.2) is 0 Å². The van der Waals surface area contributed by atoms with E-state index in [4.69, 9.17) is 0 Å². The van der Waals surface area contributed by atoms with E-state index < -0.39 is 0 Å². The van der Waals surface area contributed by atoms with E-state index in [1.165, 1.54) is 10.3 Å². The number of aryl methyl sites for hydroxylation is 1. The molecule has 0 N–H and O–H groups in total. The van der Waals surface area contributed by atoms with E-state index in [0.29, 0.717) is 6.54 Å². The number of aromatic nitrogens is 2. The molecule has 0 bridgehead atoms. The van der Waals surface area contributed by atoms with Gasteiger partial charge in [-0.2, -0.15) is 0 Å². The summed E-state index contributed by atoms with van der Waals surface area (Å²) in [6.45, 7) is 8.03. The van der Waals surface area contributed by atoms with Gasteiger partial charge in [-0.05, 0) is 19.4 Å². The van der Waals surface area contributed by atoms with Crippen LogP contribution in [0.3, 0.4) is 0 Å². The van der Waals surface area contributed by atoms with Crippen molar-refractivity contribution < 1.29 is 4.79 Å². The molecule has 1 saturated heterocycles. The maximum Gasteiger partial charge on any atom is 0.143 e. The number of thiophene rings is 1. The zero-order chi connectivity index (χ0) is 14.8. The lowest BCUT2D eigenvalue weighted by molar-refractivity contribution is -0.118. The summed E-state index contributed by atoms with van der Waals surface area (Å²) in [6.07, 6.45) is 2.70. The van der Waals surface area contributed by atoms with Gasteiger partial charge in [-0.25, -0.2) is 9.97 Å². The van der Waals surface area contributed by atoms with Gasteiger partial charge in [-0.1, -0.05) is 6.92 Å². The van der Waals surface area contributed by atoms with Crippen molar-refractivity contribution in [1.82, 2.24) is 14.9 Å². The van der Waals surface area contributed by atoms with Crippen molar-refractivity contribution in [2.75, 3.05) is 37.6 Å². The molecule has 21 heavy (non-hydrogen) atoms. The van der Waals surface area contributed by atoms with Gasteiger partial charge in [0.05, 0.1) is 11.9 Å². The molecule has 2 aromatic heterocycles. The summed E-state index contributed by atoms with van der Waals surface area (Å²) in [5.74, 6) is 1.27. The molecule has 0 saturated carbocycles. The lowest BCUT2D eigenvalue weighted by Gasteiger charge is -2.35. The zero-order valence-electron chi connectivity index (χ0n) is 12.5. The van der Waals surface area contributed by atoms with Crippen molar-refractivity contribution >= 4 is 33.2 Å². The largest absolute Gasteiger partial charge is 0.353 e. The zero-order valence-corrected chi connectivity index (χ0v) is 13.3. The molecule has 2 aromatic rings. The number of nitrogens with zero attached hydrogens (tertiary/aromatic N) is 4. The summed E-state index contributed by atoms with van der Waals surface area (Å²) in [6, 6.07) is 2.22. The van der Waals surface area contributed by atoms with E-state index in [-0.39, 0.29) is 5.78 Å². The van der Waals surface area contributed by atoms with Crippen LogP contribution in [-0.2, 0) is 11.2 Å².